The second kappa shape index (κ2) is 6.86. The highest BCUT2D eigenvalue weighted by molar-refractivity contribution is 5.72. The van der Waals surface area contributed by atoms with E-state index in [2.05, 4.69) is 6.92 Å². The fourth-order valence-electron chi connectivity index (χ4n) is 1.47. The van der Waals surface area contributed by atoms with Crippen molar-refractivity contribution in [3.63, 3.8) is 0 Å². The predicted octanol–water partition coefficient (Wildman–Crippen LogP) is 1.44. The third-order valence-electron chi connectivity index (χ3n) is 2.64. The van der Waals surface area contributed by atoms with Crippen LogP contribution in [0.2, 0.25) is 0 Å². The average molecular weight is 253 g/mol. The minimum absolute atomic E-state index is 0.245. The van der Waals surface area contributed by atoms with E-state index in [-0.39, 0.29) is 13.0 Å². The fourth-order valence-corrected chi connectivity index (χ4v) is 1.47. The van der Waals surface area contributed by atoms with Crippen molar-refractivity contribution >= 4 is 5.97 Å². The van der Waals surface area contributed by atoms with Gasteiger partial charge in [-0.1, -0.05) is 13.0 Å². The first-order valence-corrected chi connectivity index (χ1v) is 5.86. The van der Waals surface area contributed by atoms with E-state index in [1.54, 1.807) is 7.11 Å². The van der Waals surface area contributed by atoms with Crippen molar-refractivity contribution in [3.8, 4) is 11.5 Å². The Bertz CT molecular complexity index is 406. The number of hydrogen-bond acceptors (Lipinski definition) is 4. The van der Waals surface area contributed by atoms with Gasteiger partial charge >= 0.3 is 5.97 Å². The van der Waals surface area contributed by atoms with E-state index in [0.717, 1.165) is 12.0 Å². The Morgan fingerprint density at radius 1 is 1.44 bits per heavy atom. The van der Waals surface area contributed by atoms with Gasteiger partial charge in [-0.15, -0.1) is 0 Å². The largest absolute Gasteiger partial charge is 0.493 e. The van der Waals surface area contributed by atoms with E-state index in [1.165, 1.54) is 0 Å². The number of hydrogen-bond donors (Lipinski definition) is 2. The lowest BCUT2D eigenvalue weighted by Gasteiger charge is -2.12. The van der Waals surface area contributed by atoms with Gasteiger partial charge in [0, 0.05) is 6.42 Å². The number of nitrogens with two attached hydrogens (primary N) is 1. The maximum Gasteiger partial charge on any atom is 0.320 e. The molecule has 1 rings (SSSR count). The van der Waals surface area contributed by atoms with Gasteiger partial charge in [-0.3, -0.25) is 4.79 Å². The van der Waals surface area contributed by atoms with E-state index < -0.39 is 12.0 Å². The summed E-state index contributed by atoms with van der Waals surface area (Å²) >= 11 is 0. The fraction of sp³-hybridized carbons (Fsp3) is 0.462. The number of ether oxygens (including phenoxy) is 2. The zero-order chi connectivity index (χ0) is 13.5. The van der Waals surface area contributed by atoms with E-state index in [0.29, 0.717) is 11.5 Å². The number of carboxylic acid groups (broad SMARTS) is 1. The number of methoxy groups -OCH3 is 1. The Morgan fingerprint density at radius 2 is 2.17 bits per heavy atom. The van der Waals surface area contributed by atoms with Crippen LogP contribution in [-0.4, -0.2) is 30.8 Å². The van der Waals surface area contributed by atoms with Crippen LogP contribution in [0, 0.1) is 0 Å². The van der Waals surface area contributed by atoms with Crippen LogP contribution in [0.15, 0.2) is 18.2 Å². The van der Waals surface area contributed by atoms with E-state index in [4.69, 9.17) is 20.3 Å². The molecular weight excluding hydrogens is 234 g/mol. The number of rotatable bonds is 7. The van der Waals surface area contributed by atoms with Crippen molar-refractivity contribution < 1.29 is 19.4 Å². The van der Waals surface area contributed by atoms with Gasteiger partial charge in [0.1, 0.15) is 6.04 Å². The second-order valence-corrected chi connectivity index (χ2v) is 3.92. The summed E-state index contributed by atoms with van der Waals surface area (Å²) in [6.45, 7) is 2.30. The molecule has 0 aliphatic heterocycles. The smallest absolute Gasteiger partial charge is 0.320 e. The van der Waals surface area contributed by atoms with Crippen LogP contribution in [0.25, 0.3) is 0 Å². The van der Waals surface area contributed by atoms with Gasteiger partial charge in [-0.25, -0.2) is 0 Å². The van der Waals surface area contributed by atoms with Crippen LogP contribution < -0.4 is 15.2 Å². The minimum atomic E-state index is -1.02. The molecule has 0 saturated carbocycles. The van der Waals surface area contributed by atoms with Gasteiger partial charge in [0.05, 0.1) is 13.7 Å². The molecule has 0 saturated heterocycles. The Balaban J connectivity index is 2.59. The highest BCUT2D eigenvalue weighted by atomic mass is 16.5. The summed E-state index contributed by atoms with van der Waals surface area (Å²) in [4.78, 5) is 10.5. The number of aliphatic carboxylic acids is 1. The van der Waals surface area contributed by atoms with Gasteiger partial charge in [-0.05, 0) is 24.1 Å². The summed E-state index contributed by atoms with van der Waals surface area (Å²) < 4.78 is 10.7. The Labute approximate surface area is 107 Å². The first kappa shape index (κ1) is 14.3. The van der Waals surface area contributed by atoms with Gasteiger partial charge in [0.2, 0.25) is 0 Å². The third-order valence-corrected chi connectivity index (χ3v) is 2.64. The molecule has 0 aliphatic carbocycles. The zero-order valence-electron chi connectivity index (χ0n) is 10.7. The van der Waals surface area contributed by atoms with Gasteiger partial charge in [-0.2, -0.15) is 0 Å². The van der Waals surface area contributed by atoms with Crippen LogP contribution in [0.4, 0.5) is 0 Å². The van der Waals surface area contributed by atoms with Crippen molar-refractivity contribution in [2.45, 2.75) is 25.8 Å². The van der Waals surface area contributed by atoms with Gasteiger partial charge in [0.25, 0.3) is 0 Å². The molecule has 0 radical (unpaired) electrons. The molecular formula is C13H19NO4. The molecule has 1 aromatic rings. The topological polar surface area (TPSA) is 81.8 Å². The lowest BCUT2D eigenvalue weighted by Crippen LogP contribution is -2.31. The van der Waals surface area contributed by atoms with Crippen LogP contribution in [0.1, 0.15) is 18.9 Å². The lowest BCUT2D eigenvalue weighted by molar-refractivity contribution is -0.138. The predicted molar refractivity (Wildman–Crippen MR) is 68.1 cm³/mol. The molecule has 5 nitrogen and oxygen atoms in total. The average Bonchev–Trinajstić information content (AvgIpc) is 2.38. The highest BCUT2D eigenvalue weighted by Gasteiger charge is 2.12. The molecule has 0 heterocycles. The molecule has 0 spiro atoms. The van der Waals surface area contributed by atoms with Crippen LogP contribution in [0.5, 0.6) is 11.5 Å². The number of carbonyl (C=O) groups is 1. The van der Waals surface area contributed by atoms with E-state index in [9.17, 15) is 4.79 Å². The Kier molecular flexibility index (Phi) is 5.45. The minimum Gasteiger partial charge on any atom is -0.493 e. The molecule has 0 fully saturated rings. The number of benzene rings is 1. The normalized spacial score (nSPS) is 11.9. The van der Waals surface area contributed by atoms with Crippen LogP contribution >= 0.6 is 0 Å². The van der Waals surface area contributed by atoms with E-state index >= 15 is 0 Å². The first-order chi connectivity index (χ1) is 8.58. The summed E-state index contributed by atoms with van der Waals surface area (Å²) in [6.07, 6.45) is 1.18. The number of carboxylic acids is 1. The van der Waals surface area contributed by atoms with Crippen LogP contribution in [0.3, 0.4) is 0 Å². The second-order valence-electron chi connectivity index (χ2n) is 3.92. The summed E-state index contributed by atoms with van der Waals surface area (Å²) in [7, 11) is 1.57. The van der Waals surface area contributed by atoms with Crippen molar-refractivity contribution in [1.82, 2.24) is 0 Å². The zero-order valence-corrected chi connectivity index (χ0v) is 10.7. The molecule has 0 aliphatic rings. The third kappa shape index (κ3) is 3.92. The summed E-state index contributed by atoms with van der Waals surface area (Å²) in [5, 5.41) is 8.64. The van der Waals surface area contributed by atoms with Gasteiger partial charge < -0.3 is 20.3 Å². The quantitative estimate of drug-likeness (QED) is 0.768. The monoisotopic (exact) mass is 253 g/mol. The molecule has 0 amide bonds. The molecule has 1 unspecified atom stereocenters. The maximum atomic E-state index is 10.5. The summed E-state index contributed by atoms with van der Waals surface area (Å²) in [5.41, 5.74) is 6.54. The lowest BCUT2D eigenvalue weighted by atomic mass is 10.1. The maximum absolute atomic E-state index is 10.5. The molecule has 0 aromatic heterocycles. The first-order valence-electron chi connectivity index (χ1n) is 5.86. The SMILES string of the molecule is CCc1ccc(OCCC(N)C(=O)O)c(OC)c1. The molecule has 5 heteroatoms. The molecule has 3 N–H and O–H groups in total. The molecule has 0 bridgehead atoms. The Morgan fingerprint density at radius 3 is 2.72 bits per heavy atom. The molecule has 100 valence electrons. The summed E-state index contributed by atoms with van der Waals surface area (Å²) in [5.74, 6) is 0.234. The van der Waals surface area contributed by atoms with E-state index in [1.807, 2.05) is 18.2 Å². The summed E-state index contributed by atoms with van der Waals surface area (Å²) in [6, 6.07) is 4.79. The molecule has 1 atom stereocenters. The molecule has 1 aromatic carbocycles. The highest BCUT2D eigenvalue weighted by Crippen LogP contribution is 2.28. The van der Waals surface area contributed by atoms with Crippen molar-refractivity contribution in [2.75, 3.05) is 13.7 Å². The van der Waals surface area contributed by atoms with Crippen molar-refractivity contribution in [1.29, 1.82) is 0 Å². The van der Waals surface area contributed by atoms with Crippen LogP contribution in [-0.2, 0) is 11.2 Å². The van der Waals surface area contributed by atoms with Crippen molar-refractivity contribution in [3.05, 3.63) is 23.8 Å². The standard InChI is InChI=1S/C13H19NO4/c1-3-9-4-5-11(12(8-9)17-2)18-7-6-10(14)13(15)16/h4-5,8,10H,3,6-7,14H2,1-2H3,(H,15,16). The Hall–Kier alpha value is -1.75. The number of aryl methyl sites for hydroxylation is 1. The van der Waals surface area contributed by atoms with Gasteiger partial charge in [0.15, 0.2) is 11.5 Å². The molecule has 18 heavy (non-hydrogen) atoms. The van der Waals surface area contributed by atoms with Crippen molar-refractivity contribution in [2.24, 2.45) is 5.73 Å².